The second-order valence-corrected chi connectivity index (χ2v) is 4.62. The Morgan fingerprint density at radius 2 is 2.05 bits per heavy atom. The molecule has 0 atom stereocenters. The van der Waals surface area contributed by atoms with E-state index >= 15 is 0 Å². The van der Waals surface area contributed by atoms with Gasteiger partial charge in [-0.3, -0.25) is 9.59 Å². The minimum Gasteiger partial charge on any atom is -0.497 e. The average Bonchev–Trinajstić information content (AvgIpc) is 2.51. The first-order chi connectivity index (χ1) is 10.5. The molecule has 0 aliphatic heterocycles. The standard InChI is InChI=1S/C16H22N2O4/c1-5-9-18(12(2)19)10-8-16(20)17-14-7-6-13(21-3)11-15(14)22-4/h5-7,11H,1,8-10H2,2-4H3,(H,17,20). The summed E-state index contributed by atoms with van der Waals surface area (Å²) in [6.07, 6.45) is 1.83. The monoisotopic (exact) mass is 306 g/mol. The van der Waals surface area contributed by atoms with Gasteiger partial charge in [-0.25, -0.2) is 0 Å². The number of ether oxygens (including phenoxy) is 2. The average molecular weight is 306 g/mol. The quantitative estimate of drug-likeness (QED) is 0.747. The van der Waals surface area contributed by atoms with Crippen LogP contribution in [0.4, 0.5) is 5.69 Å². The van der Waals surface area contributed by atoms with Crippen molar-refractivity contribution < 1.29 is 19.1 Å². The van der Waals surface area contributed by atoms with Crippen LogP contribution in [0.15, 0.2) is 30.9 Å². The Balaban J connectivity index is 2.65. The number of nitrogens with one attached hydrogen (secondary N) is 1. The normalized spacial score (nSPS) is 9.77. The predicted molar refractivity (Wildman–Crippen MR) is 85.2 cm³/mol. The molecule has 0 saturated heterocycles. The molecule has 6 nitrogen and oxygen atoms in total. The Morgan fingerprint density at radius 3 is 2.59 bits per heavy atom. The molecule has 2 amide bonds. The molecule has 0 radical (unpaired) electrons. The number of methoxy groups -OCH3 is 2. The maximum absolute atomic E-state index is 12.0. The molecule has 22 heavy (non-hydrogen) atoms. The lowest BCUT2D eigenvalue weighted by atomic mass is 10.2. The number of hydrogen-bond acceptors (Lipinski definition) is 4. The molecular weight excluding hydrogens is 284 g/mol. The minimum absolute atomic E-state index is 0.0882. The first-order valence-electron chi connectivity index (χ1n) is 6.90. The molecule has 0 aliphatic carbocycles. The highest BCUT2D eigenvalue weighted by Gasteiger charge is 2.12. The van der Waals surface area contributed by atoms with Crippen LogP contribution >= 0.6 is 0 Å². The molecule has 0 fully saturated rings. The van der Waals surface area contributed by atoms with Gasteiger partial charge >= 0.3 is 0 Å². The topological polar surface area (TPSA) is 67.9 Å². The van der Waals surface area contributed by atoms with Crippen LogP contribution in [-0.4, -0.2) is 44.0 Å². The van der Waals surface area contributed by atoms with Gasteiger partial charge in [-0.1, -0.05) is 6.08 Å². The maximum Gasteiger partial charge on any atom is 0.226 e. The molecule has 0 spiro atoms. The fraction of sp³-hybridized carbons (Fsp3) is 0.375. The Bertz CT molecular complexity index is 543. The maximum atomic E-state index is 12.0. The van der Waals surface area contributed by atoms with Crippen LogP contribution in [0.25, 0.3) is 0 Å². The largest absolute Gasteiger partial charge is 0.497 e. The lowest BCUT2D eigenvalue weighted by Gasteiger charge is -2.19. The smallest absolute Gasteiger partial charge is 0.226 e. The first kappa shape index (κ1) is 17.6. The Kier molecular flexibility index (Phi) is 6.95. The Labute approximate surface area is 130 Å². The highest BCUT2D eigenvalue weighted by molar-refractivity contribution is 5.92. The van der Waals surface area contributed by atoms with Gasteiger partial charge < -0.3 is 19.7 Å². The van der Waals surface area contributed by atoms with E-state index in [0.717, 1.165) is 0 Å². The van der Waals surface area contributed by atoms with Crippen molar-refractivity contribution in [1.29, 1.82) is 0 Å². The number of nitrogens with zero attached hydrogens (tertiary/aromatic N) is 1. The van der Waals surface area contributed by atoms with Crippen molar-refractivity contribution in [1.82, 2.24) is 4.90 Å². The van der Waals surface area contributed by atoms with Crippen molar-refractivity contribution in [3.05, 3.63) is 30.9 Å². The summed E-state index contributed by atoms with van der Waals surface area (Å²) in [5.74, 6) is 0.874. The van der Waals surface area contributed by atoms with Crippen molar-refractivity contribution in [3.8, 4) is 11.5 Å². The van der Waals surface area contributed by atoms with E-state index in [-0.39, 0.29) is 18.2 Å². The third-order valence-corrected chi connectivity index (χ3v) is 3.09. The van der Waals surface area contributed by atoms with E-state index in [1.807, 2.05) is 0 Å². The minimum atomic E-state index is -0.196. The number of carbonyl (C=O) groups excluding carboxylic acids is 2. The van der Waals surface area contributed by atoms with Gasteiger partial charge in [0.15, 0.2) is 0 Å². The van der Waals surface area contributed by atoms with Gasteiger partial charge in [0.05, 0.1) is 19.9 Å². The molecule has 1 aromatic rings. The third kappa shape index (κ3) is 5.12. The van der Waals surface area contributed by atoms with Crippen LogP contribution < -0.4 is 14.8 Å². The summed E-state index contributed by atoms with van der Waals surface area (Å²) in [5.41, 5.74) is 0.561. The third-order valence-electron chi connectivity index (χ3n) is 3.09. The Hall–Kier alpha value is -2.50. The second-order valence-electron chi connectivity index (χ2n) is 4.62. The lowest BCUT2D eigenvalue weighted by molar-refractivity contribution is -0.128. The zero-order valence-corrected chi connectivity index (χ0v) is 13.2. The molecule has 120 valence electrons. The fourth-order valence-electron chi connectivity index (χ4n) is 1.88. The second kappa shape index (κ2) is 8.71. The Morgan fingerprint density at radius 1 is 1.32 bits per heavy atom. The summed E-state index contributed by atoms with van der Waals surface area (Å²) in [4.78, 5) is 24.9. The number of carbonyl (C=O) groups is 2. The zero-order chi connectivity index (χ0) is 16.5. The number of anilines is 1. The van der Waals surface area contributed by atoms with Gasteiger partial charge in [0.2, 0.25) is 11.8 Å². The molecule has 0 aliphatic rings. The van der Waals surface area contributed by atoms with Gasteiger partial charge in [0, 0.05) is 32.5 Å². The molecular formula is C16H22N2O4. The van der Waals surface area contributed by atoms with Gasteiger partial charge in [0.25, 0.3) is 0 Å². The van der Waals surface area contributed by atoms with Crippen LogP contribution in [-0.2, 0) is 9.59 Å². The molecule has 6 heteroatoms. The van der Waals surface area contributed by atoms with Crippen LogP contribution in [0, 0.1) is 0 Å². The van der Waals surface area contributed by atoms with E-state index in [4.69, 9.17) is 9.47 Å². The number of benzene rings is 1. The van der Waals surface area contributed by atoms with Gasteiger partial charge in [-0.05, 0) is 12.1 Å². The molecule has 0 aromatic heterocycles. The van der Waals surface area contributed by atoms with Crippen molar-refractivity contribution in [2.24, 2.45) is 0 Å². The van der Waals surface area contributed by atoms with E-state index in [2.05, 4.69) is 11.9 Å². The summed E-state index contributed by atoms with van der Waals surface area (Å²) < 4.78 is 10.3. The molecule has 1 aromatic carbocycles. The lowest BCUT2D eigenvalue weighted by Crippen LogP contribution is -2.32. The summed E-state index contributed by atoms with van der Waals surface area (Å²) >= 11 is 0. The van der Waals surface area contributed by atoms with Crippen molar-refractivity contribution >= 4 is 17.5 Å². The van der Waals surface area contributed by atoms with Crippen LogP contribution in [0.5, 0.6) is 11.5 Å². The molecule has 0 bridgehead atoms. The van der Waals surface area contributed by atoms with Crippen LogP contribution in [0.2, 0.25) is 0 Å². The van der Waals surface area contributed by atoms with Gasteiger partial charge in [-0.2, -0.15) is 0 Å². The SMILES string of the molecule is C=CCN(CCC(=O)Nc1ccc(OC)cc1OC)C(C)=O. The van der Waals surface area contributed by atoms with E-state index < -0.39 is 0 Å². The van der Waals surface area contributed by atoms with Crippen molar-refractivity contribution in [2.75, 3.05) is 32.6 Å². The van der Waals surface area contributed by atoms with Crippen LogP contribution in [0.3, 0.4) is 0 Å². The zero-order valence-electron chi connectivity index (χ0n) is 13.2. The predicted octanol–water partition coefficient (Wildman–Crippen LogP) is 2.07. The van der Waals surface area contributed by atoms with Crippen LogP contribution in [0.1, 0.15) is 13.3 Å². The van der Waals surface area contributed by atoms with E-state index in [0.29, 0.717) is 30.3 Å². The number of rotatable bonds is 8. The molecule has 0 unspecified atom stereocenters. The van der Waals surface area contributed by atoms with Gasteiger partial charge in [0.1, 0.15) is 11.5 Å². The molecule has 0 heterocycles. The van der Waals surface area contributed by atoms with E-state index in [1.54, 1.807) is 36.3 Å². The van der Waals surface area contributed by atoms with Crippen molar-refractivity contribution in [3.63, 3.8) is 0 Å². The van der Waals surface area contributed by atoms with E-state index in [9.17, 15) is 9.59 Å². The highest BCUT2D eigenvalue weighted by atomic mass is 16.5. The summed E-state index contributed by atoms with van der Waals surface area (Å²) in [6.45, 7) is 5.82. The molecule has 1 N–H and O–H groups in total. The fourth-order valence-corrected chi connectivity index (χ4v) is 1.88. The number of amides is 2. The molecule has 1 rings (SSSR count). The highest BCUT2D eigenvalue weighted by Crippen LogP contribution is 2.29. The summed E-state index contributed by atoms with van der Waals surface area (Å²) in [5, 5.41) is 2.77. The molecule has 0 saturated carbocycles. The summed E-state index contributed by atoms with van der Waals surface area (Å²) in [6, 6.07) is 5.13. The van der Waals surface area contributed by atoms with Crippen molar-refractivity contribution in [2.45, 2.75) is 13.3 Å². The first-order valence-corrected chi connectivity index (χ1v) is 6.90. The van der Waals surface area contributed by atoms with E-state index in [1.165, 1.54) is 14.0 Å². The van der Waals surface area contributed by atoms with Gasteiger partial charge in [-0.15, -0.1) is 6.58 Å². The summed E-state index contributed by atoms with van der Waals surface area (Å²) in [7, 11) is 3.08. The number of hydrogen-bond donors (Lipinski definition) is 1.